The molecule has 0 aromatic heterocycles. The summed E-state index contributed by atoms with van der Waals surface area (Å²) in [6, 6.07) is 5.79. The fourth-order valence-electron chi connectivity index (χ4n) is 3.55. The van der Waals surface area contributed by atoms with Gasteiger partial charge in [0.25, 0.3) is 0 Å². The topological polar surface area (TPSA) is 55.3 Å². The van der Waals surface area contributed by atoms with Gasteiger partial charge >= 0.3 is 0 Å². The van der Waals surface area contributed by atoms with E-state index in [-0.39, 0.29) is 12.2 Å². The first-order valence-corrected chi connectivity index (χ1v) is 10.2. The molecule has 2 heterocycles. The van der Waals surface area contributed by atoms with Crippen molar-refractivity contribution in [3.63, 3.8) is 0 Å². The van der Waals surface area contributed by atoms with Crippen LogP contribution in [0.3, 0.4) is 0 Å². The number of halogens is 1. The summed E-state index contributed by atoms with van der Waals surface area (Å²) >= 11 is 6.34. The monoisotopic (exact) mass is 395 g/mol. The lowest BCUT2D eigenvalue weighted by Crippen LogP contribution is -2.53. The van der Waals surface area contributed by atoms with E-state index in [1.54, 1.807) is 7.11 Å². The van der Waals surface area contributed by atoms with Gasteiger partial charge < -0.3 is 24.4 Å². The van der Waals surface area contributed by atoms with Crippen LogP contribution in [-0.2, 0) is 15.9 Å². The molecule has 1 N–H and O–H groups in total. The van der Waals surface area contributed by atoms with Crippen molar-refractivity contribution >= 4 is 17.6 Å². The second kappa shape index (κ2) is 10.2. The van der Waals surface area contributed by atoms with Crippen molar-refractivity contribution < 1.29 is 14.2 Å². The lowest BCUT2D eigenvalue weighted by Gasteiger charge is -2.37. The summed E-state index contributed by atoms with van der Waals surface area (Å²) < 4.78 is 17.0. The van der Waals surface area contributed by atoms with Gasteiger partial charge in [-0.05, 0) is 43.9 Å². The zero-order valence-electron chi connectivity index (χ0n) is 16.2. The molecule has 0 spiro atoms. The number of hydrogen-bond donors (Lipinski definition) is 1. The van der Waals surface area contributed by atoms with E-state index in [1.165, 1.54) is 0 Å². The molecular weight excluding hydrogens is 366 g/mol. The zero-order chi connectivity index (χ0) is 19.1. The number of benzene rings is 1. The minimum Gasteiger partial charge on any atom is -0.497 e. The van der Waals surface area contributed by atoms with Crippen LogP contribution in [0.15, 0.2) is 23.2 Å². The van der Waals surface area contributed by atoms with Crippen molar-refractivity contribution in [2.24, 2.45) is 4.99 Å². The number of rotatable bonds is 6. The summed E-state index contributed by atoms with van der Waals surface area (Å²) in [5.74, 6) is 1.71. The van der Waals surface area contributed by atoms with E-state index in [4.69, 9.17) is 30.8 Å². The molecular formula is C20H30ClN3O3. The molecule has 2 unspecified atom stereocenters. The largest absolute Gasteiger partial charge is 0.497 e. The Hall–Kier alpha value is -1.50. The highest BCUT2D eigenvalue weighted by molar-refractivity contribution is 6.31. The molecule has 2 atom stereocenters. The lowest BCUT2D eigenvalue weighted by atomic mass is 10.1. The maximum atomic E-state index is 6.34. The standard InChI is InChI=1S/C20H30ClN3O3/c1-3-22-20(23-9-8-15-6-7-16(25-2)13-17(15)21)24-10-12-27-19(14-24)18-5-4-11-26-18/h6-7,13,18-19H,3-5,8-12,14H2,1-2H3,(H,22,23). The number of nitrogens with zero attached hydrogens (tertiary/aromatic N) is 2. The van der Waals surface area contributed by atoms with Crippen LogP contribution in [-0.4, -0.2) is 69.6 Å². The van der Waals surface area contributed by atoms with Crippen LogP contribution in [0.5, 0.6) is 5.75 Å². The third kappa shape index (κ3) is 5.50. The van der Waals surface area contributed by atoms with E-state index < -0.39 is 0 Å². The molecule has 0 saturated carbocycles. The van der Waals surface area contributed by atoms with Crippen molar-refractivity contribution in [3.8, 4) is 5.75 Å². The summed E-state index contributed by atoms with van der Waals surface area (Å²) in [7, 11) is 1.64. The molecule has 7 heteroatoms. The second-order valence-electron chi connectivity index (χ2n) is 6.85. The van der Waals surface area contributed by atoms with Gasteiger partial charge in [-0.15, -0.1) is 0 Å². The van der Waals surface area contributed by atoms with Gasteiger partial charge in [0.15, 0.2) is 5.96 Å². The highest BCUT2D eigenvalue weighted by Gasteiger charge is 2.32. The van der Waals surface area contributed by atoms with E-state index in [2.05, 4.69) is 17.1 Å². The maximum Gasteiger partial charge on any atom is 0.194 e. The summed E-state index contributed by atoms with van der Waals surface area (Å²) in [6.45, 7) is 6.83. The molecule has 2 aliphatic heterocycles. The van der Waals surface area contributed by atoms with Crippen molar-refractivity contribution in [3.05, 3.63) is 28.8 Å². The summed E-state index contributed by atoms with van der Waals surface area (Å²) in [4.78, 5) is 7.11. The number of aliphatic imine (C=N–C) groups is 1. The number of nitrogens with one attached hydrogen (secondary N) is 1. The molecule has 0 aliphatic carbocycles. The molecule has 1 aromatic carbocycles. The minimum atomic E-state index is 0.126. The van der Waals surface area contributed by atoms with Crippen molar-refractivity contribution in [2.75, 3.05) is 46.5 Å². The molecule has 0 amide bonds. The Labute approximate surface area is 166 Å². The Balaban J connectivity index is 1.60. The summed E-state index contributed by atoms with van der Waals surface area (Å²) in [5.41, 5.74) is 1.08. The number of ether oxygens (including phenoxy) is 3. The minimum absolute atomic E-state index is 0.126. The first-order valence-electron chi connectivity index (χ1n) is 9.80. The van der Waals surface area contributed by atoms with Crippen LogP contribution < -0.4 is 10.1 Å². The number of methoxy groups -OCH3 is 1. The van der Waals surface area contributed by atoms with E-state index in [1.807, 2.05) is 18.2 Å². The lowest BCUT2D eigenvalue weighted by molar-refractivity contribution is -0.0817. The van der Waals surface area contributed by atoms with E-state index >= 15 is 0 Å². The molecule has 27 heavy (non-hydrogen) atoms. The molecule has 6 nitrogen and oxygen atoms in total. The molecule has 2 saturated heterocycles. The van der Waals surface area contributed by atoms with Crippen LogP contribution in [0.1, 0.15) is 25.3 Å². The highest BCUT2D eigenvalue weighted by atomic mass is 35.5. The van der Waals surface area contributed by atoms with Gasteiger partial charge in [0.05, 0.1) is 19.8 Å². The Morgan fingerprint density at radius 1 is 1.33 bits per heavy atom. The van der Waals surface area contributed by atoms with Crippen LogP contribution >= 0.6 is 11.6 Å². The normalized spacial score (nSPS) is 23.5. The Morgan fingerprint density at radius 3 is 2.89 bits per heavy atom. The van der Waals surface area contributed by atoms with Crippen LogP contribution in [0.25, 0.3) is 0 Å². The fourth-order valence-corrected chi connectivity index (χ4v) is 3.82. The van der Waals surface area contributed by atoms with E-state index in [9.17, 15) is 0 Å². The quantitative estimate of drug-likeness (QED) is 0.593. The van der Waals surface area contributed by atoms with Crippen molar-refractivity contribution in [1.29, 1.82) is 0 Å². The van der Waals surface area contributed by atoms with Gasteiger partial charge in [-0.25, -0.2) is 0 Å². The number of guanidine groups is 1. The molecule has 1 aromatic rings. The Bertz CT molecular complexity index is 635. The van der Waals surface area contributed by atoms with E-state index in [0.29, 0.717) is 13.2 Å². The third-order valence-electron chi connectivity index (χ3n) is 5.01. The smallest absolute Gasteiger partial charge is 0.194 e. The second-order valence-corrected chi connectivity index (χ2v) is 7.26. The van der Waals surface area contributed by atoms with E-state index in [0.717, 1.165) is 67.8 Å². The first-order chi connectivity index (χ1) is 13.2. The summed E-state index contributed by atoms with van der Waals surface area (Å²) in [6.07, 6.45) is 3.34. The van der Waals surface area contributed by atoms with Gasteiger partial charge in [-0.3, -0.25) is 4.99 Å². The average Bonchev–Trinajstić information content (AvgIpc) is 3.23. The average molecular weight is 396 g/mol. The van der Waals surface area contributed by atoms with Crippen LogP contribution in [0, 0.1) is 0 Å². The highest BCUT2D eigenvalue weighted by Crippen LogP contribution is 2.23. The van der Waals surface area contributed by atoms with Crippen LogP contribution in [0.4, 0.5) is 0 Å². The number of hydrogen-bond acceptors (Lipinski definition) is 4. The predicted octanol–water partition coefficient (Wildman–Crippen LogP) is 2.74. The molecule has 2 fully saturated rings. The van der Waals surface area contributed by atoms with Gasteiger partial charge in [0.1, 0.15) is 11.9 Å². The Morgan fingerprint density at radius 2 is 2.19 bits per heavy atom. The molecule has 2 aliphatic rings. The van der Waals surface area contributed by atoms with Crippen LogP contribution in [0.2, 0.25) is 5.02 Å². The molecule has 0 bridgehead atoms. The maximum absolute atomic E-state index is 6.34. The van der Waals surface area contributed by atoms with Crippen molar-refractivity contribution in [1.82, 2.24) is 10.2 Å². The zero-order valence-corrected chi connectivity index (χ0v) is 17.0. The predicted molar refractivity (Wildman–Crippen MR) is 108 cm³/mol. The Kier molecular flexibility index (Phi) is 7.61. The van der Waals surface area contributed by atoms with Crippen molar-refractivity contribution in [2.45, 2.75) is 38.4 Å². The first kappa shape index (κ1) is 20.2. The summed E-state index contributed by atoms with van der Waals surface area (Å²) in [5, 5.41) is 4.13. The van der Waals surface area contributed by atoms with Gasteiger partial charge in [-0.2, -0.15) is 0 Å². The third-order valence-corrected chi connectivity index (χ3v) is 5.36. The van der Waals surface area contributed by atoms with Gasteiger partial charge in [0.2, 0.25) is 0 Å². The SMILES string of the molecule is CCNC(=NCCc1ccc(OC)cc1Cl)N1CCOC(C2CCCO2)C1. The molecule has 0 radical (unpaired) electrons. The molecule has 150 valence electrons. The van der Waals surface area contributed by atoms with Gasteiger partial charge in [-0.1, -0.05) is 17.7 Å². The molecule has 3 rings (SSSR count). The van der Waals surface area contributed by atoms with Gasteiger partial charge in [0, 0.05) is 37.8 Å². The fraction of sp³-hybridized carbons (Fsp3) is 0.650. The number of morpholine rings is 1.